The molecule has 0 heterocycles. The summed E-state index contributed by atoms with van der Waals surface area (Å²) >= 11 is 0. The van der Waals surface area contributed by atoms with E-state index in [4.69, 9.17) is 14.9 Å². The first-order valence-corrected chi connectivity index (χ1v) is 4.32. The molecule has 2 N–H and O–H groups in total. The molecule has 0 aromatic carbocycles. The molecule has 0 aliphatic rings. The quantitative estimate of drug-likeness (QED) is 0.357. The summed E-state index contributed by atoms with van der Waals surface area (Å²) in [6.07, 6.45) is 0. The highest BCUT2D eigenvalue weighted by atomic mass is 16.5. The van der Waals surface area contributed by atoms with Crippen LogP contribution < -0.4 is 0 Å². The second-order valence-corrected chi connectivity index (χ2v) is 2.61. The third-order valence-electron chi connectivity index (χ3n) is 1.57. The van der Waals surface area contributed by atoms with E-state index < -0.39 is 5.97 Å². The molecule has 0 bridgehead atoms. The van der Waals surface area contributed by atoms with Gasteiger partial charge in [0, 0.05) is 0 Å². The smallest absolute Gasteiger partial charge is 0.337 e. The molecule has 0 fully saturated rings. The molecule has 0 aromatic heterocycles. The topological polar surface area (TPSA) is 76.0 Å². The maximum absolute atomic E-state index is 11.2. The van der Waals surface area contributed by atoms with Crippen molar-refractivity contribution in [1.29, 1.82) is 0 Å². The molecule has 0 saturated carbocycles. The minimum atomic E-state index is -0.519. The van der Waals surface area contributed by atoms with Crippen molar-refractivity contribution in [2.24, 2.45) is 0 Å². The van der Waals surface area contributed by atoms with Gasteiger partial charge in [-0.2, -0.15) is 0 Å². The van der Waals surface area contributed by atoms with Gasteiger partial charge in [-0.1, -0.05) is 0 Å². The molecule has 0 unspecified atom stereocenters. The van der Waals surface area contributed by atoms with Crippen LogP contribution >= 0.6 is 0 Å². The van der Waals surface area contributed by atoms with E-state index in [9.17, 15) is 4.79 Å². The van der Waals surface area contributed by atoms with Crippen molar-refractivity contribution in [2.45, 2.75) is 13.8 Å². The largest absolute Gasteiger partial charge is 0.495 e. The van der Waals surface area contributed by atoms with Gasteiger partial charge in [0.15, 0.2) is 0 Å². The molecule has 0 aromatic rings. The highest BCUT2D eigenvalue weighted by molar-refractivity contribution is 5.88. The minimum Gasteiger partial charge on any atom is -0.495 e. The maximum atomic E-state index is 11.2. The standard InChI is InChI=1S/C9H16O5/c1-7(8(2)13-5-3-10)9(12)14-6-4-11/h10-11H,3-6H2,1-2H3. The minimum absolute atomic E-state index is 0.0244. The molecule has 5 heteroatoms. The summed E-state index contributed by atoms with van der Waals surface area (Å²) < 4.78 is 9.69. The van der Waals surface area contributed by atoms with Gasteiger partial charge >= 0.3 is 5.97 Å². The summed E-state index contributed by atoms with van der Waals surface area (Å²) in [5.74, 6) is -0.100. The molecule has 0 aliphatic heterocycles. The van der Waals surface area contributed by atoms with Gasteiger partial charge in [-0.25, -0.2) is 4.79 Å². The van der Waals surface area contributed by atoms with E-state index in [-0.39, 0.29) is 26.4 Å². The van der Waals surface area contributed by atoms with Crippen LogP contribution in [0.25, 0.3) is 0 Å². The van der Waals surface area contributed by atoms with Crippen LogP contribution in [-0.4, -0.2) is 42.6 Å². The Kier molecular flexibility index (Phi) is 6.78. The van der Waals surface area contributed by atoms with Crippen LogP contribution in [0, 0.1) is 0 Å². The molecular weight excluding hydrogens is 188 g/mol. The van der Waals surface area contributed by atoms with Gasteiger partial charge in [0.1, 0.15) is 19.0 Å². The van der Waals surface area contributed by atoms with Gasteiger partial charge in [0.05, 0.1) is 18.8 Å². The number of carbonyl (C=O) groups excluding carboxylic acids is 1. The van der Waals surface area contributed by atoms with E-state index in [0.29, 0.717) is 11.3 Å². The van der Waals surface area contributed by atoms with Crippen molar-refractivity contribution in [3.05, 3.63) is 11.3 Å². The molecule has 0 amide bonds. The van der Waals surface area contributed by atoms with Crippen LogP contribution in [0.3, 0.4) is 0 Å². The number of ether oxygens (including phenoxy) is 2. The number of rotatable bonds is 6. The van der Waals surface area contributed by atoms with Crippen molar-refractivity contribution < 1.29 is 24.5 Å². The Bertz CT molecular complexity index is 209. The number of hydrogen-bond acceptors (Lipinski definition) is 5. The zero-order valence-corrected chi connectivity index (χ0v) is 8.45. The Morgan fingerprint density at radius 2 is 1.57 bits per heavy atom. The first-order valence-electron chi connectivity index (χ1n) is 4.32. The Balaban J connectivity index is 4.11. The van der Waals surface area contributed by atoms with Gasteiger partial charge in [-0.05, 0) is 13.8 Å². The Labute approximate surface area is 82.9 Å². The third kappa shape index (κ3) is 4.84. The van der Waals surface area contributed by atoms with Gasteiger partial charge in [0.25, 0.3) is 0 Å². The van der Waals surface area contributed by atoms with Crippen molar-refractivity contribution in [1.82, 2.24) is 0 Å². The third-order valence-corrected chi connectivity index (χ3v) is 1.57. The molecule has 14 heavy (non-hydrogen) atoms. The van der Waals surface area contributed by atoms with Crippen molar-refractivity contribution in [2.75, 3.05) is 26.4 Å². The number of allylic oxidation sites excluding steroid dienone is 1. The van der Waals surface area contributed by atoms with E-state index in [1.54, 1.807) is 13.8 Å². The van der Waals surface area contributed by atoms with Crippen molar-refractivity contribution >= 4 is 5.97 Å². The number of aliphatic hydroxyl groups is 2. The summed E-state index contributed by atoms with van der Waals surface area (Å²) in [5.41, 5.74) is 0.340. The van der Waals surface area contributed by atoms with Crippen LogP contribution in [0.4, 0.5) is 0 Å². The van der Waals surface area contributed by atoms with Gasteiger partial charge in [-0.3, -0.25) is 0 Å². The average Bonchev–Trinajstić information content (AvgIpc) is 2.21. The average molecular weight is 204 g/mol. The lowest BCUT2D eigenvalue weighted by molar-refractivity contribution is -0.140. The normalized spacial score (nSPS) is 12.0. The molecule has 0 spiro atoms. The molecule has 0 radical (unpaired) electrons. The van der Waals surface area contributed by atoms with E-state index in [1.165, 1.54) is 0 Å². The number of hydrogen-bond donors (Lipinski definition) is 2. The van der Waals surface area contributed by atoms with E-state index in [0.717, 1.165) is 0 Å². The fraction of sp³-hybridized carbons (Fsp3) is 0.667. The summed E-state index contributed by atoms with van der Waals surface area (Å²) in [5, 5.41) is 16.9. The van der Waals surface area contributed by atoms with Crippen LogP contribution in [0.5, 0.6) is 0 Å². The predicted octanol–water partition coefficient (Wildman–Crippen LogP) is -0.175. The molecule has 5 nitrogen and oxygen atoms in total. The zero-order chi connectivity index (χ0) is 11.0. The van der Waals surface area contributed by atoms with Crippen LogP contribution in [0.1, 0.15) is 13.8 Å². The van der Waals surface area contributed by atoms with E-state index in [2.05, 4.69) is 4.74 Å². The van der Waals surface area contributed by atoms with Gasteiger partial charge in [0.2, 0.25) is 0 Å². The maximum Gasteiger partial charge on any atom is 0.337 e. The predicted molar refractivity (Wildman–Crippen MR) is 49.5 cm³/mol. The van der Waals surface area contributed by atoms with Crippen LogP contribution in [0.2, 0.25) is 0 Å². The van der Waals surface area contributed by atoms with E-state index >= 15 is 0 Å². The molecule has 0 atom stereocenters. The number of carbonyl (C=O) groups is 1. The SMILES string of the molecule is CC(OCCO)=C(C)C(=O)OCCO. The second kappa shape index (κ2) is 7.34. The molecule has 0 rings (SSSR count). The molecule has 0 saturated heterocycles. The highest BCUT2D eigenvalue weighted by Gasteiger charge is 2.09. The first kappa shape index (κ1) is 12.9. The fourth-order valence-corrected chi connectivity index (χ4v) is 0.697. The summed E-state index contributed by atoms with van der Waals surface area (Å²) in [4.78, 5) is 11.2. The summed E-state index contributed by atoms with van der Waals surface area (Å²) in [6, 6.07) is 0. The number of aliphatic hydroxyl groups excluding tert-OH is 2. The Morgan fingerprint density at radius 1 is 1.07 bits per heavy atom. The summed E-state index contributed by atoms with van der Waals surface area (Å²) in [7, 11) is 0. The molecule has 82 valence electrons. The first-order chi connectivity index (χ1) is 6.63. The monoisotopic (exact) mass is 204 g/mol. The lowest BCUT2D eigenvalue weighted by atomic mass is 10.3. The fourth-order valence-electron chi connectivity index (χ4n) is 0.697. The number of esters is 1. The van der Waals surface area contributed by atoms with Crippen LogP contribution in [0.15, 0.2) is 11.3 Å². The molecular formula is C9H16O5. The second-order valence-electron chi connectivity index (χ2n) is 2.61. The van der Waals surface area contributed by atoms with Crippen molar-refractivity contribution in [3.8, 4) is 0 Å². The summed E-state index contributed by atoms with van der Waals surface area (Å²) in [6.45, 7) is 3.00. The Morgan fingerprint density at radius 3 is 2.07 bits per heavy atom. The lowest BCUT2D eigenvalue weighted by Gasteiger charge is -2.08. The molecule has 0 aliphatic carbocycles. The lowest BCUT2D eigenvalue weighted by Crippen LogP contribution is -2.12. The van der Waals surface area contributed by atoms with Crippen molar-refractivity contribution in [3.63, 3.8) is 0 Å². The van der Waals surface area contributed by atoms with Gasteiger partial charge in [-0.15, -0.1) is 0 Å². The Hall–Kier alpha value is -1.07. The van der Waals surface area contributed by atoms with E-state index in [1.807, 2.05) is 0 Å². The van der Waals surface area contributed by atoms with Crippen LogP contribution in [-0.2, 0) is 14.3 Å². The highest BCUT2D eigenvalue weighted by Crippen LogP contribution is 2.06. The zero-order valence-electron chi connectivity index (χ0n) is 8.45. The van der Waals surface area contributed by atoms with Gasteiger partial charge < -0.3 is 19.7 Å².